The van der Waals surface area contributed by atoms with Crippen molar-refractivity contribution in [1.82, 2.24) is 15.0 Å². The summed E-state index contributed by atoms with van der Waals surface area (Å²) in [6.45, 7) is 0. The molecule has 4 aromatic rings. The summed E-state index contributed by atoms with van der Waals surface area (Å²) in [6, 6.07) is 14.6. The molecule has 34 heavy (non-hydrogen) atoms. The second-order valence-corrected chi connectivity index (χ2v) is 9.00. The number of rotatable bonds is 6. The maximum absolute atomic E-state index is 13.3. The molecule has 0 saturated heterocycles. The Balaban J connectivity index is 1.77. The van der Waals surface area contributed by atoms with Crippen molar-refractivity contribution in [2.75, 3.05) is 14.2 Å². The molecule has 11 heteroatoms. The first-order valence-electron chi connectivity index (χ1n) is 9.82. The number of nitrogens with zero attached hydrogens (tertiary/aromatic N) is 3. The lowest BCUT2D eigenvalue weighted by Crippen LogP contribution is -2.07. The van der Waals surface area contributed by atoms with Crippen LogP contribution in [0.2, 0.25) is 0 Å². The Bertz CT molecular complexity index is 1430. The fraction of sp³-hybridized carbons (Fsp3) is 0.130. The highest BCUT2D eigenvalue weighted by atomic mass is 32.2. The van der Waals surface area contributed by atoms with Crippen LogP contribution in [-0.4, -0.2) is 37.6 Å². The molecule has 0 fully saturated rings. The molecule has 7 nitrogen and oxygen atoms in total. The van der Waals surface area contributed by atoms with Crippen molar-refractivity contribution in [3.8, 4) is 28.4 Å². The smallest absolute Gasteiger partial charge is 0.416 e. The maximum atomic E-state index is 13.3. The van der Waals surface area contributed by atoms with E-state index in [0.717, 1.165) is 24.3 Å². The van der Waals surface area contributed by atoms with Crippen LogP contribution in [0.1, 0.15) is 5.56 Å². The van der Waals surface area contributed by atoms with Crippen molar-refractivity contribution in [1.29, 1.82) is 0 Å². The molecular formula is C23H18F3N3O4S. The molecular weight excluding hydrogens is 471 g/mol. The summed E-state index contributed by atoms with van der Waals surface area (Å²) in [5.74, 6) is 0.884. The first-order chi connectivity index (χ1) is 16.2. The van der Waals surface area contributed by atoms with Gasteiger partial charge in [0.2, 0.25) is 9.84 Å². The summed E-state index contributed by atoms with van der Waals surface area (Å²) in [7, 11) is -1.17. The summed E-state index contributed by atoms with van der Waals surface area (Å²) in [6.07, 6.45) is -3.04. The summed E-state index contributed by atoms with van der Waals surface area (Å²) >= 11 is 0. The van der Waals surface area contributed by atoms with Crippen molar-refractivity contribution in [3.63, 3.8) is 0 Å². The van der Waals surface area contributed by atoms with Crippen LogP contribution in [0.15, 0.2) is 82.7 Å². The van der Waals surface area contributed by atoms with Crippen molar-refractivity contribution in [2.45, 2.75) is 16.0 Å². The number of methoxy groups -OCH3 is 2. The van der Waals surface area contributed by atoms with Crippen LogP contribution in [0.5, 0.6) is 11.5 Å². The van der Waals surface area contributed by atoms with E-state index in [-0.39, 0.29) is 21.0 Å². The Morgan fingerprint density at radius 3 is 2.24 bits per heavy atom. The zero-order chi connectivity index (χ0) is 24.5. The molecule has 1 aromatic heterocycles. The quantitative estimate of drug-likeness (QED) is 0.387. The van der Waals surface area contributed by atoms with Gasteiger partial charge in [0.1, 0.15) is 11.4 Å². The second-order valence-electron chi connectivity index (χ2n) is 7.08. The number of sulfone groups is 1. The molecule has 4 rings (SSSR count). The molecule has 0 bridgehead atoms. The molecule has 0 radical (unpaired) electrons. The van der Waals surface area contributed by atoms with E-state index in [1.807, 2.05) is 0 Å². The zero-order valence-corrected chi connectivity index (χ0v) is 18.8. The van der Waals surface area contributed by atoms with E-state index in [1.54, 1.807) is 30.3 Å². The third-order valence-electron chi connectivity index (χ3n) is 5.07. The van der Waals surface area contributed by atoms with Gasteiger partial charge in [0.15, 0.2) is 11.5 Å². The average Bonchev–Trinajstić information content (AvgIpc) is 3.33. The first kappa shape index (κ1) is 23.3. The molecule has 0 N–H and O–H groups in total. The largest absolute Gasteiger partial charge is 0.493 e. The van der Waals surface area contributed by atoms with Gasteiger partial charge in [0, 0.05) is 5.56 Å². The Labute approximate surface area is 193 Å². The second kappa shape index (κ2) is 8.82. The first-order valence-corrected chi connectivity index (χ1v) is 11.3. The third-order valence-corrected chi connectivity index (χ3v) is 6.89. The number of alkyl halides is 3. The number of benzene rings is 3. The highest BCUT2D eigenvalue weighted by Gasteiger charge is 2.31. The molecule has 176 valence electrons. The van der Waals surface area contributed by atoms with E-state index in [0.29, 0.717) is 17.2 Å². The number of hydrogen-bond donors (Lipinski definition) is 0. The fourth-order valence-corrected chi connectivity index (χ4v) is 4.89. The van der Waals surface area contributed by atoms with Crippen molar-refractivity contribution < 1.29 is 31.1 Å². The van der Waals surface area contributed by atoms with Gasteiger partial charge in [-0.15, -0.1) is 5.10 Å². The van der Waals surface area contributed by atoms with Crippen LogP contribution in [0, 0.1) is 0 Å². The minimum atomic E-state index is -4.57. The van der Waals surface area contributed by atoms with Crippen LogP contribution in [0.4, 0.5) is 13.2 Å². The normalized spacial score (nSPS) is 11.9. The SMILES string of the molecule is COc1cccc(-n2cc(-c3ccccc3S(=O)(=O)c3ccc(C(F)(F)F)cc3)nn2)c1OC. The number of halogens is 3. The van der Waals surface area contributed by atoms with Crippen LogP contribution in [0.25, 0.3) is 16.9 Å². The summed E-state index contributed by atoms with van der Waals surface area (Å²) in [5, 5.41) is 8.20. The summed E-state index contributed by atoms with van der Waals surface area (Å²) < 4.78 is 77.3. The van der Waals surface area contributed by atoms with Crippen LogP contribution in [0.3, 0.4) is 0 Å². The van der Waals surface area contributed by atoms with Crippen molar-refractivity contribution in [3.05, 3.63) is 78.5 Å². The van der Waals surface area contributed by atoms with Gasteiger partial charge in [0.25, 0.3) is 0 Å². The Morgan fingerprint density at radius 2 is 1.59 bits per heavy atom. The standard InChI is InChI=1S/C23H18F3N3O4S/c1-32-20-8-5-7-19(22(20)33-2)29-14-18(27-28-29)17-6-3-4-9-21(17)34(30,31)16-12-10-15(11-13-16)23(24,25)26/h3-14H,1-2H3. The number of para-hydroxylation sites is 1. The third kappa shape index (κ3) is 4.21. The van der Waals surface area contributed by atoms with Gasteiger partial charge in [-0.05, 0) is 42.5 Å². The van der Waals surface area contributed by atoms with Crippen LogP contribution < -0.4 is 9.47 Å². The van der Waals surface area contributed by atoms with Crippen molar-refractivity contribution >= 4 is 9.84 Å². The fourth-order valence-electron chi connectivity index (χ4n) is 3.42. The average molecular weight is 489 g/mol. The van der Waals surface area contributed by atoms with Crippen molar-refractivity contribution in [2.24, 2.45) is 0 Å². The number of hydrogen-bond acceptors (Lipinski definition) is 6. The van der Waals surface area contributed by atoms with Gasteiger partial charge in [-0.1, -0.05) is 29.5 Å². The monoisotopic (exact) mass is 489 g/mol. The molecule has 0 aliphatic carbocycles. The van der Waals surface area contributed by atoms with Gasteiger partial charge < -0.3 is 9.47 Å². The minimum absolute atomic E-state index is 0.112. The predicted octanol–water partition coefficient (Wildman–Crippen LogP) is 4.80. The predicted molar refractivity (Wildman–Crippen MR) is 117 cm³/mol. The van der Waals surface area contributed by atoms with E-state index in [4.69, 9.17) is 9.47 Å². The molecule has 0 unspecified atom stereocenters. The van der Waals surface area contributed by atoms with E-state index >= 15 is 0 Å². The summed E-state index contributed by atoms with van der Waals surface area (Å²) in [5.41, 5.74) is 0.0741. The van der Waals surface area contributed by atoms with Gasteiger partial charge in [-0.25, -0.2) is 13.1 Å². The molecule has 0 aliphatic rings. The molecule has 3 aromatic carbocycles. The Hall–Kier alpha value is -3.86. The molecule has 0 saturated carbocycles. The van der Waals surface area contributed by atoms with Gasteiger partial charge in [0.05, 0.1) is 35.8 Å². The molecule has 1 heterocycles. The number of aromatic nitrogens is 3. The molecule has 0 aliphatic heterocycles. The van der Waals surface area contributed by atoms with Gasteiger partial charge in [-0.3, -0.25) is 0 Å². The van der Waals surface area contributed by atoms with E-state index < -0.39 is 21.6 Å². The van der Waals surface area contributed by atoms with Gasteiger partial charge >= 0.3 is 6.18 Å². The maximum Gasteiger partial charge on any atom is 0.416 e. The zero-order valence-electron chi connectivity index (χ0n) is 17.9. The lowest BCUT2D eigenvalue weighted by molar-refractivity contribution is -0.137. The lowest BCUT2D eigenvalue weighted by Gasteiger charge is -2.12. The van der Waals surface area contributed by atoms with Crippen LogP contribution in [-0.2, 0) is 16.0 Å². The van der Waals surface area contributed by atoms with Crippen LogP contribution >= 0.6 is 0 Å². The minimum Gasteiger partial charge on any atom is -0.493 e. The van der Waals surface area contributed by atoms with E-state index in [1.165, 1.54) is 37.2 Å². The highest BCUT2D eigenvalue weighted by molar-refractivity contribution is 7.91. The lowest BCUT2D eigenvalue weighted by atomic mass is 10.2. The van der Waals surface area contributed by atoms with E-state index in [9.17, 15) is 21.6 Å². The van der Waals surface area contributed by atoms with Gasteiger partial charge in [-0.2, -0.15) is 13.2 Å². The Morgan fingerprint density at radius 1 is 0.882 bits per heavy atom. The Kier molecular flexibility index (Phi) is 6.05. The topological polar surface area (TPSA) is 83.3 Å². The molecule has 0 atom stereocenters. The summed E-state index contributed by atoms with van der Waals surface area (Å²) in [4.78, 5) is -0.380. The molecule has 0 spiro atoms. The molecule has 0 amide bonds. The highest BCUT2D eigenvalue weighted by Crippen LogP contribution is 2.36. The van der Waals surface area contributed by atoms with E-state index in [2.05, 4.69) is 10.3 Å². The number of ether oxygens (including phenoxy) is 2.